The Morgan fingerprint density at radius 3 is 2.94 bits per heavy atom. The van der Waals surface area contributed by atoms with Crippen molar-refractivity contribution in [1.82, 2.24) is 5.32 Å². The highest BCUT2D eigenvalue weighted by Gasteiger charge is 2.15. The first kappa shape index (κ1) is 12.2. The molecular weight excluding hydrogens is 230 g/mol. The predicted molar refractivity (Wildman–Crippen MR) is 61.0 cm³/mol. The Morgan fingerprint density at radius 1 is 1.44 bits per heavy atom. The van der Waals surface area contributed by atoms with Gasteiger partial charge in [0, 0.05) is 5.56 Å². The first-order valence-corrected chi connectivity index (χ1v) is 4.42. The van der Waals surface area contributed by atoms with Gasteiger partial charge in [-0.25, -0.2) is 0 Å². The van der Waals surface area contributed by atoms with Gasteiger partial charge in [0.15, 0.2) is 11.5 Å². The summed E-state index contributed by atoms with van der Waals surface area (Å²) < 4.78 is 10.3. The summed E-state index contributed by atoms with van der Waals surface area (Å²) in [5.41, 5.74) is 0.509. The lowest BCUT2D eigenvalue weighted by Gasteiger charge is -2.02. The topological polar surface area (TPSA) is 47.6 Å². The second-order valence-corrected chi connectivity index (χ2v) is 2.95. The number of nitrogens with one attached hydrogen (secondary N) is 1. The van der Waals surface area contributed by atoms with Crippen molar-refractivity contribution >= 4 is 18.3 Å². The largest absolute Gasteiger partial charge is 0.454 e. The van der Waals surface area contributed by atoms with Crippen molar-refractivity contribution in [1.29, 1.82) is 0 Å². The number of terminal acetylenes is 1. The Bertz CT molecular complexity index is 439. The Balaban J connectivity index is 0.00000128. The quantitative estimate of drug-likeness (QED) is 0.789. The maximum atomic E-state index is 11.5. The van der Waals surface area contributed by atoms with Crippen molar-refractivity contribution in [2.75, 3.05) is 13.3 Å². The molecule has 1 heterocycles. The van der Waals surface area contributed by atoms with Gasteiger partial charge in [-0.2, -0.15) is 0 Å². The van der Waals surface area contributed by atoms with Gasteiger partial charge in [0.05, 0.1) is 6.54 Å². The fourth-order valence-corrected chi connectivity index (χ4v) is 1.27. The zero-order chi connectivity index (χ0) is 10.7. The van der Waals surface area contributed by atoms with E-state index >= 15 is 0 Å². The third-order valence-corrected chi connectivity index (χ3v) is 1.99. The Morgan fingerprint density at radius 2 is 2.19 bits per heavy atom. The number of fused-ring (bicyclic) bond motifs is 1. The van der Waals surface area contributed by atoms with E-state index < -0.39 is 0 Å². The molecule has 0 fully saturated rings. The molecule has 0 aliphatic carbocycles. The van der Waals surface area contributed by atoms with Gasteiger partial charge in [-0.05, 0) is 18.2 Å². The standard InChI is InChI=1S/C11H9NO3.ClH/c1-2-5-12-11(13)8-3-4-9-10(6-8)15-7-14-9;/h1,3-4,6H,5,7H2,(H,12,13);1H. The predicted octanol–water partition coefficient (Wildman–Crippen LogP) is 1.20. The summed E-state index contributed by atoms with van der Waals surface area (Å²) in [7, 11) is 0. The SMILES string of the molecule is C#CCNC(=O)c1ccc2c(c1)OCO2.Cl. The lowest BCUT2D eigenvalue weighted by Crippen LogP contribution is -2.23. The number of benzene rings is 1. The number of hydrogen-bond donors (Lipinski definition) is 1. The molecule has 0 atom stereocenters. The Kier molecular flexibility index (Phi) is 4.03. The average Bonchev–Trinajstić information content (AvgIpc) is 2.72. The minimum atomic E-state index is -0.216. The van der Waals surface area contributed by atoms with Crippen LogP contribution in [0.2, 0.25) is 0 Å². The normalized spacial score (nSPS) is 11.2. The smallest absolute Gasteiger partial charge is 0.252 e. The lowest BCUT2D eigenvalue weighted by molar-refractivity contribution is 0.0958. The van der Waals surface area contributed by atoms with Crippen molar-refractivity contribution in [2.24, 2.45) is 0 Å². The maximum absolute atomic E-state index is 11.5. The molecule has 1 amide bonds. The van der Waals surface area contributed by atoms with Gasteiger partial charge in [0.1, 0.15) is 0 Å². The molecular formula is C11H10ClNO3. The lowest BCUT2D eigenvalue weighted by atomic mass is 10.2. The van der Waals surface area contributed by atoms with E-state index in [0.29, 0.717) is 17.1 Å². The highest BCUT2D eigenvalue weighted by atomic mass is 35.5. The molecule has 0 bridgehead atoms. The van der Waals surface area contributed by atoms with E-state index in [0.717, 1.165) is 0 Å². The molecule has 0 saturated heterocycles. The number of ether oxygens (including phenoxy) is 2. The van der Waals surface area contributed by atoms with Crippen LogP contribution in [0.25, 0.3) is 0 Å². The number of hydrogen-bond acceptors (Lipinski definition) is 3. The van der Waals surface area contributed by atoms with Crippen LogP contribution in [0.4, 0.5) is 0 Å². The van der Waals surface area contributed by atoms with Gasteiger partial charge in [-0.1, -0.05) is 5.92 Å². The van der Waals surface area contributed by atoms with E-state index in [2.05, 4.69) is 11.2 Å². The molecule has 16 heavy (non-hydrogen) atoms. The van der Waals surface area contributed by atoms with E-state index in [1.165, 1.54) is 0 Å². The van der Waals surface area contributed by atoms with E-state index in [1.807, 2.05) is 0 Å². The fraction of sp³-hybridized carbons (Fsp3) is 0.182. The molecule has 4 nitrogen and oxygen atoms in total. The van der Waals surface area contributed by atoms with Crippen LogP contribution in [-0.2, 0) is 0 Å². The second-order valence-electron chi connectivity index (χ2n) is 2.95. The van der Waals surface area contributed by atoms with E-state index in [-0.39, 0.29) is 31.7 Å². The van der Waals surface area contributed by atoms with Gasteiger partial charge >= 0.3 is 0 Å². The third-order valence-electron chi connectivity index (χ3n) is 1.99. The first-order chi connectivity index (χ1) is 7.31. The van der Waals surface area contributed by atoms with Crippen LogP contribution in [0.15, 0.2) is 18.2 Å². The zero-order valence-electron chi connectivity index (χ0n) is 8.36. The fourth-order valence-electron chi connectivity index (χ4n) is 1.27. The summed E-state index contributed by atoms with van der Waals surface area (Å²) in [5.74, 6) is 3.36. The van der Waals surface area contributed by atoms with E-state index in [1.54, 1.807) is 18.2 Å². The average molecular weight is 240 g/mol. The number of rotatable bonds is 2. The van der Waals surface area contributed by atoms with Gasteiger partial charge < -0.3 is 14.8 Å². The van der Waals surface area contributed by atoms with Crippen LogP contribution >= 0.6 is 12.4 Å². The third kappa shape index (κ3) is 2.38. The summed E-state index contributed by atoms with van der Waals surface area (Å²) in [6, 6.07) is 5.00. The van der Waals surface area contributed by atoms with Crippen LogP contribution in [0.1, 0.15) is 10.4 Å². The van der Waals surface area contributed by atoms with Crippen LogP contribution in [0, 0.1) is 12.3 Å². The summed E-state index contributed by atoms with van der Waals surface area (Å²) in [5, 5.41) is 2.57. The molecule has 1 aliphatic rings. The number of carbonyl (C=O) groups is 1. The molecule has 0 radical (unpaired) electrons. The molecule has 0 spiro atoms. The summed E-state index contributed by atoms with van der Waals surface area (Å²) in [4.78, 5) is 11.5. The monoisotopic (exact) mass is 239 g/mol. The summed E-state index contributed by atoms with van der Waals surface area (Å²) in [6.45, 7) is 0.415. The number of halogens is 1. The molecule has 1 aromatic carbocycles. The van der Waals surface area contributed by atoms with Crippen molar-refractivity contribution in [3.8, 4) is 23.8 Å². The van der Waals surface area contributed by atoms with Gasteiger partial charge in [-0.3, -0.25) is 4.79 Å². The van der Waals surface area contributed by atoms with E-state index in [4.69, 9.17) is 15.9 Å². The molecule has 1 N–H and O–H groups in total. The second kappa shape index (κ2) is 5.29. The van der Waals surface area contributed by atoms with Crippen LogP contribution in [0.5, 0.6) is 11.5 Å². The van der Waals surface area contributed by atoms with Crippen molar-refractivity contribution in [3.63, 3.8) is 0 Å². The van der Waals surface area contributed by atoms with Gasteiger partial charge in [0.25, 0.3) is 5.91 Å². The molecule has 5 heteroatoms. The molecule has 0 saturated carbocycles. The first-order valence-electron chi connectivity index (χ1n) is 4.42. The molecule has 0 aromatic heterocycles. The summed E-state index contributed by atoms with van der Waals surface area (Å²) in [6.07, 6.45) is 5.04. The minimum absolute atomic E-state index is 0. The van der Waals surface area contributed by atoms with Crippen LogP contribution in [0.3, 0.4) is 0 Å². The molecule has 1 aliphatic heterocycles. The van der Waals surface area contributed by atoms with E-state index in [9.17, 15) is 4.79 Å². The highest BCUT2D eigenvalue weighted by Crippen LogP contribution is 2.32. The van der Waals surface area contributed by atoms with Crippen molar-refractivity contribution in [2.45, 2.75) is 0 Å². The van der Waals surface area contributed by atoms with Crippen LogP contribution in [-0.4, -0.2) is 19.2 Å². The Hall–Kier alpha value is -1.86. The molecule has 2 rings (SSSR count). The van der Waals surface area contributed by atoms with Gasteiger partial charge in [-0.15, -0.1) is 18.8 Å². The number of carbonyl (C=O) groups excluding carboxylic acids is 1. The molecule has 0 unspecified atom stereocenters. The maximum Gasteiger partial charge on any atom is 0.252 e. The molecule has 1 aromatic rings. The number of amides is 1. The van der Waals surface area contributed by atoms with Gasteiger partial charge in [0.2, 0.25) is 6.79 Å². The molecule has 84 valence electrons. The van der Waals surface area contributed by atoms with Crippen molar-refractivity contribution < 1.29 is 14.3 Å². The summed E-state index contributed by atoms with van der Waals surface area (Å²) >= 11 is 0. The van der Waals surface area contributed by atoms with Crippen molar-refractivity contribution in [3.05, 3.63) is 23.8 Å². The Labute approximate surface area is 99.3 Å². The minimum Gasteiger partial charge on any atom is -0.454 e. The highest BCUT2D eigenvalue weighted by molar-refractivity contribution is 5.95. The zero-order valence-corrected chi connectivity index (χ0v) is 9.17. The van der Waals surface area contributed by atoms with Crippen LogP contribution < -0.4 is 14.8 Å².